The molecule has 0 saturated heterocycles. The van der Waals surface area contributed by atoms with Crippen LogP contribution in [0, 0.1) is 22.2 Å². The van der Waals surface area contributed by atoms with Crippen LogP contribution in [0.3, 0.4) is 0 Å². The third-order valence-electron chi connectivity index (χ3n) is 6.40. The molecular weight excluding hydrogens is 180 g/mol. The van der Waals surface area contributed by atoms with Gasteiger partial charge in [0.1, 0.15) is 0 Å². The van der Waals surface area contributed by atoms with Crippen LogP contribution in [0.4, 0.5) is 0 Å². The molecule has 3 rings (SSSR count). The van der Waals surface area contributed by atoms with E-state index in [9.17, 15) is 0 Å². The maximum Gasteiger partial charge on any atom is -0.00781 e. The molecule has 0 spiro atoms. The molecule has 3 aliphatic rings. The lowest BCUT2D eigenvalue weighted by molar-refractivity contribution is 0.0623. The topological polar surface area (TPSA) is 0 Å². The monoisotopic (exact) mass is 202 g/mol. The highest BCUT2D eigenvalue weighted by Gasteiger charge is 2.67. The van der Waals surface area contributed by atoms with Crippen molar-refractivity contribution >= 4 is 0 Å². The first-order valence-corrected chi connectivity index (χ1v) is 6.31. The van der Waals surface area contributed by atoms with E-state index in [1.807, 2.05) is 0 Å². The van der Waals surface area contributed by atoms with Gasteiger partial charge in [-0.3, -0.25) is 0 Å². The van der Waals surface area contributed by atoms with Gasteiger partial charge in [0.05, 0.1) is 0 Å². The Morgan fingerprint density at radius 3 is 2.73 bits per heavy atom. The fourth-order valence-electron chi connectivity index (χ4n) is 4.94. The molecule has 15 heavy (non-hydrogen) atoms. The highest BCUT2D eigenvalue weighted by atomic mass is 14.7. The van der Waals surface area contributed by atoms with Gasteiger partial charge in [0.15, 0.2) is 0 Å². The van der Waals surface area contributed by atoms with Crippen LogP contribution in [0.15, 0.2) is 24.3 Å². The molecule has 0 amide bonds. The Kier molecular flexibility index (Phi) is 1.56. The largest absolute Gasteiger partial charge is 0.0955 e. The summed E-state index contributed by atoms with van der Waals surface area (Å²) in [6.07, 6.45) is 10.3. The van der Waals surface area contributed by atoms with Gasteiger partial charge < -0.3 is 0 Å². The second-order valence-corrected chi connectivity index (χ2v) is 6.69. The molecule has 3 aliphatic carbocycles. The van der Waals surface area contributed by atoms with E-state index in [-0.39, 0.29) is 0 Å². The summed E-state index contributed by atoms with van der Waals surface area (Å²) in [7, 11) is 0. The zero-order valence-corrected chi connectivity index (χ0v) is 10.3. The van der Waals surface area contributed by atoms with E-state index in [4.69, 9.17) is 0 Å². The van der Waals surface area contributed by atoms with Gasteiger partial charge in [0.2, 0.25) is 0 Å². The van der Waals surface area contributed by atoms with E-state index in [2.05, 4.69) is 39.5 Å². The van der Waals surface area contributed by atoms with Crippen LogP contribution >= 0.6 is 0 Å². The lowest BCUT2D eigenvalue weighted by Crippen LogP contribution is -2.38. The van der Waals surface area contributed by atoms with E-state index in [1.54, 1.807) is 0 Å². The van der Waals surface area contributed by atoms with Crippen molar-refractivity contribution in [1.82, 2.24) is 0 Å². The Labute approximate surface area is 93.5 Å². The minimum atomic E-state index is 0.435. The molecular formula is C15H22. The Balaban J connectivity index is 2.22. The van der Waals surface area contributed by atoms with E-state index in [1.165, 1.54) is 31.3 Å². The van der Waals surface area contributed by atoms with Crippen molar-refractivity contribution < 1.29 is 0 Å². The van der Waals surface area contributed by atoms with E-state index < -0.39 is 0 Å². The normalized spacial score (nSPS) is 57.3. The van der Waals surface area contributed by atoms with Gasteiger partial charge in [-0.05, 0) is 41.4 Å². The zero-order valence-electron chi connectivity index (χ0n) is 10.3. The molecule has 0 radical (unpaired) electrons. The first kappa shape index (κ1) is 9.69. The molecule has 0 aliphatic heterocycles. The molecule has 0 N–H and O–H groups in total. The summed E-state index contributed by atoms with van der Waals surface area (Å²) in [4.78, 5) is 0. The number of allylic oxidation sites excluding steroid dienone is 3. The lowest BCUT2D eigenvalue weighted by atomic mass is 9.60. The quantitative estimate of drug-likeness (QED) is 0.548. The summed E-state index contributed by atoms with van der Waals surface area (Å²) in [6.45, 7) is 11.8. The summed E-state index contributed by atoms with van der Waals surface area (Å²) in [5, 5.41) is 0. The summed E-state index contributed by atoms with van der Waals surface area (Å²) < 4.78 is 0. The van der Waals surface area contributed by atoms with Gasteiger partial charge in [-0.15, -0.1) is 0 Å². The average Bonchev–Trinajstić information content (AvgIpc) is 2.55. The summed E-state index contributed by atoms with van der Waals surface area (Å²) >= 11 is 0. The van der Waals surface area contributed by atoms with Gasteiger partial charge in [0, 0.05) is 0 Å². The van der Waals surface area contributed by atoms with Gasteiger partial charge in [0.25, 0.3) is 0 Å². The molecule has 0 heteroatoms. The zero-order chi connectivity index (χ0) is 10.9. The Bertz CT molecular complexity index is 364. The number of hydrogen-bond donors (Lipinski definition) is 0. The van der Waals surface area contributed by atoms with Gasteiger partial charge in [-0.2, -0.15) is 0 Å². The Hall–Kier alpha value is -0.520. The smallest absolute Gasteiger partial charge is 0.00781 e. The van der Waals surface area contributed by atoms with Crippen molar-refractivity contribution in [1.29, 1.82) is 0 Å². The van der Waals surface area contributed by atoms with Crippen molar-refractivity contribution in [2.75, 3.05) is 0 Å². The molecule has 0 aromatic heterocycles. The molecule has 0 unspecified atom stereocenters. The van der Waals surface area contributed by atoms with Crippen molar-refractivity contribution in [2.45, 2.75) is 46.5 Å². The highest BCUT2D eigenvalue weighted by Crippen LogP contribution is 2.75. The van der Waals surface area contributed by atoms with Crippen LogP contribution in [-0.2, 0) is 0 Å². The summed E-state index contributed by atoms with van der Waals surface area (Å²) in [5.74, 6) is 0.750. The Morgan fingerprint density at radius 1 is 1.27 bits per heavy atom. The second-order valence-electron chi connectivity index (χ2n) is 6.69. The van der Waals surface area contributed by atoms with Crippen LogP contribution < -0.4 is 0 Å². The number of hydrogen-bond acceptors (Lipinski definition) is 0. The van der Waals surface area contributed by atoms with Crippen LogP contribution in [-0.4, -0.2) is 0 Å². The van der Waals surface area contributed by atoms with Crippen molar-refractivity contribution in [3.05, 3.63) is 24.3 Å². The Morgan fingerprint density at radius 2 is 2.00 bits per heavy atom. The standard InChI is InChI=1S/C15H22/c1-11-6-9-13(2)10-12(11)14(3)7-5-8-15(13,14)4/h6,9,12H,1,5,7-8,10H2,2-4H3/t12-,13-,14+,15-/m1/s1. The predicted octanol–water partition coefficient (Wildman–Crippen LogP) is 4.34. The number of fused-ring (bicyclic) bond motifs is 5. The van der Waals surface area contributed by atoms with Crippen LogP contribution in [0.1, 0.15) is 46.5 Å². The maximum absolute atomic E-state index is 4.27. The minimum absolute atomic E-state index is 0.435. The third kappa shape index (κ3) is 0.822. The van der Waals surface area contributed by atoms with Crippen LogP contribution in [0.5, 0.6) is 0 Å². The van der Waals surface area contributed by atoms with Crippen molar-refractivity contribution in [2.24, 2.45) is 22.2 Å². The molecule has 0 nitrogen and oxygen atoms in total. The average molecular weight is 202 g/mol. The first-order valence-electron chi connectivity index (χ1n) is 6.31. The van der Waals surface area contributed by atoms with E-state index >= 15 is 0 Å². The van der Waals surface area contributed by atoms with Crippen LogP contribution in [0.2, 0.25) is 0 Å². The van der Waals surface area contributed by atoms with E-state index in [0.717, 1.165) is 5.92 Å². The fraction of sp³-hybridized carbons (Fsp3) is 0.733. The van der Waals surface area contributed by atoms with Crippen LogP contribution in [0.25, 0.3) is 0 Å². The van der Waals surface area contributed by atoms with E-state index in [0.29, 0.717) is 16.2 Å². The molecule has 0 aromatic rings. The third-order valence-corrected chi connectivity index (χ3v) is 6.40. The van der Waals surface area contributed by atoms with Crippen molar-refractivity contribution in [3.8, 4) is 0 Å². The van der Waals surface area contributed by atoms with Gasteiger partial charge >= 0.3 is 0 Å². The number of rotatable bonds is 0. The maximum atomic E-state index is 4.27. The molecule has 2 saturated carbocycles. The molecule has 4 atom stereocenters. The SMILES string of the molecule is C=C1C=C[C@]2(C)C[C@H]1[C@]1(C)CCC[C@@]12C. The fourth-order valence-corrected chi connectivity index (χ4v) is 4.94. The first-order chi connectivity index (χ1) is 6.93. The molecule has 2 fully saturated rings. The summed E-state index contributed by atoms with van der Waals surface area (Å²) in [6, 6.07) is 0. The lowest BCUT2D eigenvalue weighted by Gasteiger charge is -2.44. The molecule has 82 valence electrons. The molecule has 0 heterocycles. The minimum Gasteiger partial charge on any atom is -0.0955 e. The van der Waals surface area contributed by atoms with Gasteiger partial charge in [-0.25, -0.2) is 0 Å². The second kappa shape index (κ2) is 2.42. The highest BCUT2D eigenvalue weighted by molar-refractivity contribution is 5.37. The van der Waals surface area contributed by atoms with Gasteiger partial charge in [-0.1, -0.05) is 51.5 Å². The van der Waals surface area contributed by atoms with Crippen molar-refractivity contribution in [3.63, 3.8) is 0 Å². The molecule has 0 aromatic carbocycles. The molecule has 2 bridgehead atoms. The predicted molar refractivity (Wildman–Crippen MR) is 64.6 cm³/mol. The summed E-state index contributed by atoms with van der Waals surface area (Å²) in [5.41, 5.74) is 2.85.